The quantitative estimate of drug-likeness (QED) is 0.356. The Morgan fingerprint density at radius 1 is 1.29 bits per heavy atom. The fourth-order valence-electron chi connectivity index (χ4n) is 5.35. The number of H-pyrrole nitrogens is 1. The summed E-state index contributed by atoms with van der Waals surface area (Å²) in [5, 5.41) is 20.0. The number of benzene rings is 2. The lowest BCUT2D eigenvalue weighted by molar-refractivity contribution is -0.146. The lowest BCUT2D eigenvalue weighted by Gasteiger charge is -2.47. The number of nitrogens with one attached hydrogen (secondary N) is 5. The molecule has 1 fully saturated rings. The summed E-state index contributed by atoms with van der Waals surface area (Å²) in [5.74, 6) is -1.49. The second-order valence-electron chi connectivity index (χ2n) is 9.14. The summed E-state index contributed by atoms with van der Waals surface area (Å²) in [5.41, 5.74) is 3.46. The third kappa shape index (κ3) is 4.10. The number of hydrogen-bond donors (Lipinski definition) is 5. The normalized spacial score (nSPS) is 22.1. The number of rotatable bonds is 5. The molecule has 3 unspecified atom stereocenters. The van der Waals surface area contributed by atoms with Crippen molar-refractivity contribution in [1.82, 2.24) is 26.1 Å². The van der Waals surface area contributed by atoms with Crippen LogP contribution in [0.25, 0.3) is 10.9 Å². The highest BCUT2D eigenvalue weighted by Crippen LogP contribution is 2.41. The number of piperidine rings is 1. The van der Waals surface area contributed by atoms with Crippen molar-refractivity contribution in [2.45, 2.75) is 31.3 Å². The molecule has 35 heavy (non-hydrogen) atoms. The van der Waals surface area contributed by atoms with Gasteiger partial charge in [-0.25, -0.2) is 9.59 Å². The van der Waals surface area contributed by atoms with E-state index in [-0.39, 0.29) is 18.4 Å². The number of para-hydroxylation sites is 1. The number of methoxy groups -OCH3 is 1. The molecule has 5 rings (SSSR count). The van der Waals surface area contributed by atoms with Crippen LogP contribution in [0.2, 0.25) is 0 Å². The molecule has 1 saturated heterocycles. The molecule has 3 heterocycles. The summed E-state index contributed by atoms with van der Waals surface area (Å²) in [6, 6.07) is 10.2. The molecule has 1 aromatic heterocycles. The van der Waals surface area contributed by atoms with Crippen molar-refractivity contribution in [1.29, 1.82) is 0 Å². The fourth-order valence-corrected chi connectivity index (χ4v) is 5.35. The molecular weight excluding hydrogens is 448 g/mol. The van der Waals surface area contributed by atoms with E-state index in [9.17, 15) is 14.4 Å². The lowest BCUT2D eigenvalue weighted by atomic mass is 9.71. The van der Waals surface area contributed by atoms with E-state index in [1.54, 1.807) is 6.20 Å². The number of ether oxygens (including phenoxy) is 1. The van der Waals surface area contributed by atoms with Crippen molar-refractivity contribution in [2.24, 2.45) is 5.92 Å². The number of aromatic nitrogens is 2. The van der Waals surface area contributed by atoms with Crippen molar-refractivity contribution >= 4 is 34.5 Å². The highest BCUT2D eigenvalue weighted by Gasteiger charge is 2.50. The van der Waals surface area contributed by atoms with Gasteiger partial charge < -0.3 is 26.0 Å². The van der Waals surface area contributed by atoms with Crippen LogP contribution in [0, 0.1) is 12.8 Å². The van der Waals surface area contributed by atoms with E-state index in [2.05, 4.69) is 31.5 Å². The van der Waals surface area contributed by atoms with Crippen molar-refractivity contribution < 1.29 is 19.1 Å². The summed E-state index contributed by atoms with van der Waals surface area (Å²) in [6.45, 7) is 2.96. The minimum absolute atomic E-state index is 0.262. The van der Waals surface area contributed by atoms with Gasteiger partial charge in [-0.1, -0.05) is 24.3 Å². The Bertz CT molecular complexity index is 1300. The van der Waals surface area contributed by atoms with Gasteiger partial charge in [-0.2, -0.15) is 5.10 Å². The Hall–Kier alpha value is -3.92. The minimum Gasteiger partial charge on any atom is -0.467 e. The number of fused-ring (bicyclic) bond motifs is 3. The Morgan fingerprint density at radius 2 is 2.11 bits per heavy atom. The first-order valence-electron chi connectivity index (χ1n) is 11.6. The van der Waals surface area contributed by atoms with E-state index in [0.29, 0.717) is 25.2 Å². The zero-order valence-corrected chi connectivity index (χ0v) is 19.6. The predicted octanol–water partition coefficient (Wildman–Crippen LogP) is 1.71. The van der Waals surface area contributed by atoms with Gasteiger partial charge in [-0.15, -0.1) is 0 Å². The fraction of sp³-hybridized carbons (Fsp3) is 0.360. The third-order valence-electron chi connectivity index (χ3n) is 7.00. The average Bonchev–Trinajstić information content (AvgIpc) is 3.32. The van der Waals surface area contributed by atoms with E-state index < -0.39 is 23.5 Å². The van der Waals surface area contributed by atoms with Gasteiger partial charge in [0.2, 0.25) is 5.91 Å². The molecular formula is C25H28N6O4. The molecule has 10 nitrogen and oxygen atoms in total. The Labute approximate surface area is 202 Å². The Morgan fingerprint density at radius 3 is 2.94 bits per heavy atom. The summed E-state index contributed by atoms with van der Waals surface area (Å²) < 4.78 is 5.02. The van der Waals surface area contributed by atoms with E-state index in [4.69, 9.17) is 4.74 Å². The molecule has 2 aliphatic rings. The summed E-state index contributed by atoms with van der Waals surface area (Å²) in [6.07, 6.45) is 2.53. The van der Waals surface area contributed by atoms with Gasteiger partial charge in [0, 0.05) is 29.6 Å². The molecule has 10 heteroatoms. The number of carbonyl (C=O) groups is 3. The van der Waals surface area contributed by atoms with Crippen LogP contribution < -0.4 is 21.3 Å². The van der Waals surface area contributed by atoms with Crippen LogP contribution in [0.5, 0.6) is 0 Å². The van der Waals surface area contributed by atoms with Gasteiger partial charge in [0.1, 0.15) is 6.04 Å². The molecule has 182 valence electrons. The summed E-state index contributed by atoms with van der Waals surface area (Å²) in [4.78, 5) is 38.9. The van der Waals surface area contributed by atoms with Crippen LogP contribution in [0.15, 0.2) is 42.6 Å². The molecule has 0 bridgehead atoms. The molecule has 0 radical (unpaired) electrons. The number of anilines is 1. The monoisotopic (exact) mass is 476 g/mol. The van der Waals surface area contributed by atoms with Crippen LogP contribution >= 0.6 is 0 Å². The van der Waals surface area contributed by atoms with Crippen LogP contribution in [0.3, 0.4) is 0 Å². The lowest BCUT2D eigenvalue weighted by Crippen LogP contribution is -2.65. The number of hydrogen-bond acceptors (Lipinski definition) is 6. The van der Waals surface area contributed by atoms with Gasteiger partial charge in [0.25, 0.3) is 0 Å². The molecule has 2 aliphatic heterocycles. The molecule has 5 N–H and O–H groups in total. The second kappa shape index (κ2) is 9.03. The van der Waals surface area contributed by atoms with E-state index in [0.717, 1.165) is 27.6 Å². The van der Waals surface area contributed by atoms with Crippen molar-refractivity contribution in [3.8, 4) is 0 Å². The Balaban J connectivity index is 1.44. The van der Waals surface area contributed by atoms with Crippen LogP contribution in [-0.2, 0) is 26.3 Å². The zero-order chi connectivity index (χ0) is 24.6. The average molecular weight is 477 g/mol. The van der Waals surface area contributed by atoms with Crippen LogP contribution in [-0.4, -0.2) is 54.3 Å². The molecule has 2 aromatic carbocycles. The standard InChI is InChI=1S/C25H28N6O4/c1-14-9-15(10-16-12-27-31-21(14)16)11-20(23(33)35-2)28-22(32)18-13-26-8-7-25(18)17-5-3-4-6-19(17)29-24(34)30-25/h3-6,9-10,12,18,20,26H,7-8,11,13H2,1-2H3,(H,27,31)(H,28,32)(H2,29,30,34). The van der Waals surface area contributed by atoms with Crippen molar-refractivity contribution in [2.75, 3.05) is 25.5 Å². The topological polar surface area (TPSA) is 137 Å². The first kappa shape index (κ1) is 22.9. The smallest absolute Gasteiger partial charge is 0.328 e. The largest absolute Gasteiger partial charge is 0.467 e. The number of esters is 1. The Kier molecular flexibility index (Phi) is 5.89. The second-order valence-corrected chi connectivity index (χ2v) is 9.14. The molecule has 3 amide bonds. The first-order valence-corrected chi connectivity index (χ1v) is 11.6. The minimum atomic E-state index is -0.888. The highest BCUT2D eigenvalue weighted by atomic mass is 16.5. The van der Waals surface area contributed by atoms with Gasteiger partial charge in [0.15, 0.2) is 0 Å². The first-order chi connectivity index (χ1) is 16.9. The van der Waals surface area contributed by atoms with E-state index in [1.165, 1.54) is 7.11 Å². The number of carbonyl (C=O) groups excluding carboxylic acids is 3. The summed E-state index contributed by atoms with van der Waals surface area (Å²) >= 11 is 0. The maximum atomic E-state index is 13.7. The van der Waals surface area contributed by atoms with Gasteiger partial charge in [-0.3, -0.25) is 9.89 Å². The van der Waals surface area contributed by atoms with Gasteiger partial charge in [0.05, 0.1) is 30.3 Å². The number of amides is 3. The maximum absolute atomic E-state index is 13.7. The van der Waals surface area contributed by atoms with Gasteiger partial charge in [-0.05, 0) is 43.1 Å². The van der Waals surface area contributed by atoms with E-state index >= 15 is 0 Å². The molecule has 0 saturated carbocycles. The number of nitrogens with zero attached hydrogens (tertiary/aromatic N) is 1. The van der Waals surface area contributed by atoms with Crippen LogP contribution in [0.1, 0.15) is 23.1 Å². The third-order valence-corrected chi connectivity index (χ3v) is 7.00. The number of urea groups is 1. The SMILES string of the molecule is COC(=O)C(Cc1cc(C)c2[nH]ncc2c1)NC(=O)C1CNCCC12NC(=O)Nc1ccccc12. The van der Waals surface area contributed by atoms with Crippen molar-refractivity contribution in [3.05, 3.63) is 59.3 Å². The summed E-state index contributed by atoms with van der Waals surface area (Å²) in [7, 11) is 1.30. The van der Waals surface area contributed by atoms with Crippen molar-refractivity contribution in [3.63, 3.8) is 0 Å². The van der Waals surface area contributed by atoms with Gasteiger partial charge >= 0.3 is 12.0 Å². The zero-order valence-electron chi connectivity index (χ0n) is 19.6. The van der Waals surface area contributed by atoms with Crippen LogP contribution in [0.4, 0.5) is 10.5 Å². The predicted molar refractivity (Wildman–Crippen MR) is 130 cm³/mol. The number of aromatic amines is 1. The highest BCUT2D eigenvalue weighted by molar-refractivity contribution is 5.96. The van der Waals surface area contributed by atoms with E-state index in [1.807, 2.05) is 43.3 Å². The molecule has 1 spiro atoms. The maximum Gasteiger partial charge on any atom is 0.328 e. The molecule has 0 aliphatic carbocycles. The molecule has 3 atom stereocenters. The molecule has 3 aromatic rings. The number of aryl methyl sites for hydroxylation is 1.